The number of nitrogens with one attached hydrogen (secondary N) is 2. The fourth-order valence-corrected chi connectivity index (χ4v) is 6.63. The third kappa shape index (κ3) is 4.02. The van der Waals surface area contributed by atoms with Crippen molar-refractivity contribution in [3.05, 3.63) is 50.2 Å². The SMILES string of the molecule is C[C@@H]1CCc2c(sc(NC(=O)c3cc4n(n3)[C@@H](C(F)(F)F)C[C@H](c3cccs3)N4)c2C#N)C1. The summed E-state index contributed by atoms with van der Waals surface area (Å²) in [5, 5.41) is 21.7. The lowest BCUT2D eigenvalue weighted by Crippen LogP contribution is -2.35. The molecule has 0 bridgehead atoms. The zero-order valence-electron chi connectivity index (χ0n) is 17.6. The Morgan fingerprint density at radius 2 is 2.24 bits per heavy atom. The van der Waals surface area contributed by atoms with Gasteiger partial charge in [-0.15, -0.1) is 22.7 Å². The lowest BCUT2D eigenvalue weighted by molar-refractivity contribution is -0.173. The first kappa shape index (κ1) is 22.0. The van der Waals surface area contributed by atoms with Crippen molar-refractivity contribution in [1.82, 2.24) is 9.78 Å². The Morgan fingerprint density at radius 1 is 1.42 bits per heavy atom. The molecule has 1 aliphatic carbocycles. The summed E-state index contributed by atoms with van der Waals surface area (Å²) in [7, 11) is 0. The van der Waals surface area contributed by atoms with E-state index in [1.54, 1.807) is 12.1 Å². The fourth-order valence-electron chi connectivity index (χ4n) is 4.48. The predicted molar refractivity (Wildman–Crippen MR) is 121 cm³/mol. The van der Waals surface area contributed by atoms with Gasteiger partial charge in [0.2, 0.25) is 0 Å². The van der Waals surface area contributed by atoms with Crippen LogP contribution in [0.1, 0.15) is 63.2 Å². The summed E-state index contributed by atoms with van der Waals surface area (Å²) in [6.45, 7) is 2.15. The molecule has 1 aliphatic heterocycles. The van der Waals surface area contributed by atoms with Gasteiger partial charge in [-0.2, -0.15) is 23.5 Å². The van der Waals surface area contributed by atoms with Crippen molar-refractivity contribution in [2.45, 2.75) is 50.9 Å². The third-order valence-electron chi connectivity index (χ3n) is 6.16. The van der Waals surface area contributed by atoms with Crippen molar-refractivity contribution in [3.63, 3.8) is 0 Å². The highest BCUT2D eigenvalue weighted by Gasteiger charge is 2.47. The molecule has 2 aliphatic rings. The highest BCUT2D eigenvalue weighted by atomic mass is 32.1. The Balaban J connectivity index is 1.44. The molecule has 0 radical (unpaired) electrons. The zero-order chi connectivity index (χ0) is 23.3. The van der Waals surface area contributed by atoms with Gasteiger partial charge in [0.25, 0.3) is 5.91 Å². The number of hydrogen-bond donors (Lipinski definition) is 2. The van der Waals surface area contributed by atoms with E-state index in [2.05, 4.69) is 28.7 Å². The number of amides is 1. The van der Waals surface area contributed by atoms with Crippen LogP contribution in [0.2, 0.25) is 0 Å². The second-order valence-corrected chi connectivity index (χ2v) is 10.6. The molecular formula is C22H20F3N5OS2. The summed E-state index contributed by atoms with van der Waals surface area (Å²) in [6.07, 6.45) is -2.11. The van der Waals surface area contributed by atoms with Crippen molar-refractivity contribution in [2.24, 2.45) is 5.92 Å². The molecule has 33 heavy (non-hydrogen) atoms. The van der Waals surface area contributed by atoms with E-state index in [0.29, 0.717) is 16.5 Å². The van der Waals surface area contributed by atoms with E-state index >= 15 is 0 Å². The molecule has 0 spiro atoms. The maximum Gasteiger partial charge on any atom is 0.410 e. The minimum atomic E-state index is -4.51. The standard InChI is InChI=1S/C22H20F3N5OS2/c1-11-4-5-12-13(10-26)21(33-17(12)7-11)28-20(31)15-9-19-27-14(16-3-2-6-32-16)8-18(22(23,24)25)30(19)29-15/h2-3,6,9,11,14,18,27H,4-5,7-8H2,1H3,(H,28,31)/t11-,14-,18-/m1/s1. The van der Waals surface area contributed by atoms with Crippen LogP contribution in [0.15, 0.2) is 23.6 Å². The molecule has 0 saturated heterocycles. The number of rotatable bonds is 3. The van der Waals surface area contributed by atoms with Crippen molar-refractivity contribution in [2.75, 3.05) is 10.6 Å². The number of aromatic nitrogens is 2. The summed E-state index contributed by atoms with van der Waals surface area (Å²) in [6, 6.07) is 4.75. The largest absolute Gasteiger partial charge is 0.410 e. The Bertz CT molecular complexity index is 1240. The van der Waals surface area contributed by atoms with E-state index in [1.165, 1.54) is 28.7 Å². The second kappa shape index (κ2) is 8.18. The van der Waals surface area contributed by atoms with Gasteiger partial charge in [-0.05, 0) is 42.2 Å². The van der Waals surface area contributed by atoms with Crippen LogP contribution in [-0.4, -0.2) is 21.9 Å². The van der Waals surface area contributed by atoms with E-state index in [0.717, 1.165) is 39.3 Å². The first-order valence-electron chi connectivity index (χ1n) is 10.6. The summed E-state index contributed by atoms with van der Waals surface area (Å²) in [4.78, 5) is 14.8. The molecule has 172 valence electrons. The molecule has 3 aromatic heterocycles. The highest BCUT2D eigenvalue weighted by Crippen LogP contribution is 2.44. The monoisotopic (exact) mass is 491 g/mol. The third-order valence-corrected chi connectivity index (χ3v) is 8.32. The first-order chi connectivity index (χ1) is 15.7. The van der Waals surface area contributed by atoms with Gasteiger partial charge in [-0.25, -0.2) is 4.68 Å². The molecule has 0 aromatic carbocycles. The Labute approximate surface area is 196 Å². The molecule has 6 nitrogen and oxygen atoms in total. The van der Waals surface area contributed by atoms with Gasteiger partial charge in [0.15, 0.2) is 11.7 Å². The molecule has 0 saturated carbocycles. The molecule has 2 N–H and O–H groups in total. The number of carbonyl (C=O) groups excluding carboxylic acids is 1. The second-order valence-electron chi connectivity index (χ2n) is 8.49. The van der Waals surface area contributed by atoms with Gasteiger partial charge in [0.1, 0.15) is 16.9 Å². The van der Waals surface area contributed by atoms with Crippen LogP contribution in [0, 0.1) is 17.2 Å². The fraction of sp³-hybridized carbons (Fsp3) is 0.409. The predicted octanol–water partition coefficient (Wildman–Crippen LogP) is 5.92. The molecule has 0 unspecified atom stereocenters. The normalized spacial score (nSPS) is 22.1. The number of anilines is 2. The number of carbonyl (C=O) groups is 1. The Hall–Kier alpha value is -2.84. The van der Waals surface area contributed by atoms with Gasteiger partial charge in [0, 0.05) is 22.2 Å². The summed E-state index contributed by atoms with van der Waals surface area (Å²) < 4.78 is 42.4. The first-order valence-corrected chi connectivity index (χ1v) is 12.3. The quantitative estimate of drug-likeness (QED) is 0.477. The molecule has 0 fully saturated rings. The number of alkyl halides is 3. The maximum atomic E-state index is 13.8. The zero-order valence-corrected chi connectivity index (χ0v) is 19.2. The van der Waals surface area contributed by atoms with E-state index in [1.807, 2.05) is 5.38 Å². The average molecular weight is 492 g/mol. The molecule has 5 rings (SSSR count). The van der Waals surface area contributed by atoms with Gasteiger partial charge in [0.05, 0.1) is 11.6 Å². The molecular weight excluding hydrogens is 471 g/mol. The van der Waals surface area contributed by atoms with Crippen LogP contribution in [0.4, 0.5) is 24.0 Å². The summed E-state index contributed by atoms with van der Waals surface area (Å²) >= 11 is 2.75. The van der Waals surface area contributed by atoms with E-state index in [9.17, 15) is 23.2 Å². The van der Waals surface area contributed by atoms with E-state index in [-0.39, 0.29) is 17.9 Å². The average Bonchev–Trinajstić information content (AvgIpc) is 3.49. The van der Waals surface area contributed by atoms with Gasteiger partial charge < -0.3 is 10.6 Å². The van der Waals surface area contributed by atoms with Crippen molar-refractivity contribution >= 4 is 39.4 Å². The molecule has 3 atom stereocenters. The number of hydrogen-bond acceptors (Lipinski definition) is 6. The number of fused-ring (bicyclic) bond motifs is 2. The molecule has 11 heteroatoms. The van der Waals surface area contributed by atoms with Gasteiger partial charge >= 0.3 is 6.18 Å². The van der Waals surface area contributed by atoms with Crippen LogP contribution in [0.3, 0.4) is 0 Å². The maximum absolute atomic E-state index is 13.8. The van der Waals surface area contributed by atoms with Crippen LogP contribution in [0.25, 0.3) is 0 Å². The Morgan fingerprint density at radius 3 is 2.94 bits per heavy atom. The minimum absolute atomic E-state index is 0.123. The summed E-state index contributed by atoms with van der Waals surface area (Å²) in [5.41, 5.74) is 1.29. The smallest absolute Gasteiger partial charge is 0.363 e. The lowest BCUT2D eigenvalue weighted by atomic mass is 9.89. The van der Waals surface area contributed by atoms with E-state index in [4.69, 9.17) is 0 Å². The topological polar surface area (TPSA) is 82.7 Å². The molecule has 1 amide bonds. The minimum Gasteiger partial charge on any atom is -0.363 e. The van der Waals surface area contributed by atoms with Crippen molar-refractivity contribution in [1.29, 1.82) is 5.26 Å². The van der Waals surface area contributed by atoms with Crippen LogP contribution < -0.4 is 10.6 Å². The number of nitriles is 1. The van der Waals surface area contributed by atoms with Crippen LogP contribution in [-0.2, 0) is 12.8 Å². The Kier molecular flexibility index (Phi) is 5.45. The molecule has 4 heterocycles. The van der Waals surface area contributed by atoms with Crippen LogP contribution >= 0.6 is 22.7 Å². The number of thiophene rings is 2. The lowest BCUT2D eigenvalue weighted by Gasteiger charge is -2.32. The van der Waals surface area contributed by atoms with Crippen molar-refractivity contribution in [3.8, 4) is 6.07 Å². The number of nitrogens with zero attached hydrogens (tertiary/aromatic N) is 3. The highest BCUT2D eigenvalue weighted by molar-refractivity contribution is 7.16. The van der Waals surface area contributed by atoms with Gasteiger partial charge in [-0.3, -0.25) is 4.79 Å². The molecule has 3 aromatic rings. The van der Waals surface area contributed by atoms with Crippen LogP contribution in [0.5, 0.6) is 0 Å². The van der Waals surface area contributed by atoms with Crippen molar-refractivity contribution < 1.29 is 18.0 Å². The van der Waals surface area contributed by atoms with E-state index < -0.39 is 24.2 Å². The summed E-state index contributed by atoms with van der Waals surface area (Å²) in [5.74, 6) is 0.0233. The number of halogens is 3. The van der Waals surface area contributed by atoms with Gasteiger partial charge in [-0.1, -0.05) is 13.0 Å².